The molecule has 1 aliphatic rings. The van der Waals surface area contributed by atoms with Crippen LogP contribution in [-0.4, -0.2) is 5.91 Å². The molecule has 0 spiro atoms. The topological polar surface area (TPSA) is 20.3 Å². The molecule has 0 aromatic heterocycles. The Balaban J connectivity index is 1.58. The lowest BCUT2D eigenvalue weighted by Crippen LogP contribution is -2.55. The van der Waals surface area contributed by atoms with Crippen LogP contribution in [0.15, 0.2) is 78.9 Å². The number of hydrogen-bond acceptors (Lipinski definition) is 1. The first kappa shape index (κ1) is 19.1. The van der Waals surface area contributed by atoms with E-state index >= 15 is 0 Å². The quantitative estimate of drug-likeness (QED) is 0.484. The molecule has 1 amide bonds. The molecule has 29 heavy (non-hydrogen) atoms. The molecule has 3 aromatic carbocycles. The van der Waals surface area contributed by atoms with E-state index in [4.69, 9.17) is 0 Å². The lowest BCUT2D eigenvalue weighted by molar-refractivity contribution is -0.130. The van der Waals surface area contributed by atoms with Crippen LogP contribution in [0.1, 0.15) is 29.2 Å². The third-order valence-electron chi connectivity index (χ3n) is 5.31. The highest BCUT2D eigenvalue weighted by atomic mass is 19.1. The van der Waals surface area contributed by atoms with Gasteiger partial charge in [0.15, 0.2) is 0 Å². The van der Waals surface area contributed by atoms with Crippen molar-refractivity contribution >= 4 is 17.7 Å². The van der Waals surface area contributed by atoms with Gasteiger partial charge < -0.3 is 4.90 Å². The molecular formula is C25H21F2NO. The number of hydrogen-bond donors (Lipinski definition) is 0. The van der Waals surface area contributed by atoms with Gasteiger partial charge in [-0.25, -0.2) is 8.78 Å². The summed E-state index contributed by atoms with van der Waals surface area (Å²) in [5, 5.41) is 0. The van der Waals surface area contributed by atoms with Gasteiger partial charge in [-0.2, -0.15) is 0 Å². The zero-order chi connectivity index (χ0) is 20.4. The second-order valence-electron chi connectivity index (χ2n) is 7.34. The first-order valence-electron chi connectivity index (χ1n) is 9.60. The summed E-state index contributed by atoms with van der Waals surface area (Å²) in [6.07, 6.45) is 4.44. The van der Waals surface area contributed by atoms with E-state index in [0.29, 0.717) is 12.1 Å². The van der Waals surface area contributed by atoms with Crippen LogP contribution < -0.4 is 4.90 Å². The molecule has 2 nitrogen and oxygen atoms in total. The maximum absolute atomic E-state index is 13.3. The fourth-order valence-corrected chi connectivity index (χ4v) is 3.74. The van der Waals surface area contributed by atoms with E-state index in [2.05, 4.69) is 0 Å². The number of allylic oxidation sites excluding steroid dienone is 1. The monoisotopic (exact) mass is 389 g/mol. The number of halogens is 2. The minimum absolute atomic E-state index is 0.0194. The smallest absolute Gasteiger partial charge is 0.233 e. The standard InChI is InChI=1S/C25H21F2NO/c1-17-5-9-19(10-6-17)24-23(4-2-3-18-7-11-20(26)12-8-18)25(29)28(24)22-15-13-21(27)14-16-22/h2-3,5-16,23-24H,4H2,1H3. The van der Waals surface area contributed by atoms with E-state index in [1.54, 1.807) is 29.2 Å². The van der Waals surface area contributed by atoms with E-state index in [1.807, 2.05) is 43.3 Å². The Morgan fingerprint density at radius 3 is 2.07 bits per heavy atom. The third kappa shape index (κ3) is 3.97. The number of nitrogens with zero attached hydrogens (tertiary/aromatic N) is 1. The molecule has 4 heteroatoms. The molecule has 1 aliphatic heterocycles. The van der Waals surface area contributed by atoms with E-state index in [1.165, 1.54) is 24.3 Å². The van der Waals surface area contributed by atoms with Gasteiger partial charge in [-0.1, -0.05) is 54.1 Å². The fourth-order valence-electron chi connectivity index (χ4n) is 3.74. The number of rotatable bonds is 5. The van der Waals surface area contributed by atoms with Crippen LogP contribution in [0, 0.1) is 24.5 Å². The van der Waals surface area contributed by atoms with Crippen molar-refractivity contribution in [3.63, 3.8) is 0 Å². The summed E-state index contributed by atoms with van der Waals surface area (Å²) in [6.45, 7) is 2.02. The maximum atomic E-state index is 13.3. The largest absolute Gasteiger partial charge is 0.304 e. The van der Waals surface area contributed by atoms with Gasteiger partial charge in [0.05, 0.1) is 12.0 Å². The van der Waals surface area contributed by atoms with Crippen LogP contribution in [0.5, 0.6) is 0 Å². The normalized spacial score (nSPS) is 18.9. The van der Waals surface area contributed by atoms with Crippen LogP contribution in [0.4, 0.5) is 14.5 Å². The van der Waals surface area contributed by atoms with Crippen molar-refractivity contribution in [3.8, 4) is 0 Å². The summed E-state index contributed by atoms with van der Waals surface area (Å²) < 4.78 is 26.4. The molecule has 0 aliphatic carbocycles. The van der Waals surface area contributed by atoms with Gasteiger partial charge in [0.25, 0.3) is 0 Å². The Labute approximate surface area is 169 Å². The van der Waals surface area contributed by atoms with Crippen molar-refractivity contribution in [1.29, 1.82) is 0 Å². The van der Waals surface area contributed by atoms with Gasteiger partial charge in [0.1, 0.15) is 11.6 Å². The Morgan fingerprint density at radius 2 is 1.45 bits per heavy atom. The summed E-state index contributed by atoms with van der Waals surface area (Å²) >= 11 is 0. The van der Waals surface area contributed by atoms with Crippen molar-refractivity contribution in [2.45, 2.75) is 19.4 Å². The summed E-state index contributed by atoms with van der Waals surface area (Å²) in [5.74, 6) is -0.775. The zero-order valence-electron chi connectivity index (χ0n) is 16.1. The van der Waals surface area contributed by atoms with Crippen LogP contribution in [0.25, 0.3) is 6.08 Å². The molecule has 0 N–H and O–H groups in total. The molecule has 2 atom stereocenters. The Hall–Kier alpha value is -3.27. The number of carbonyl (C=O) groups excluding carboxylic acids is 1. The van der Waals surface area contributed by atoms with Crippen molar-refractivity contribution in [1.82, 2.24) is 0 Å². The minimum Gasteiger partial charge on any atom is -0.304 e. The second kappa shape index (κ2) is 8.00. The Bertz CT molecular complexity index is 1020. The van der Waals surface area contributed by atoms with Gasteiger partial charge >= 0.3 is 0 Å². The molecule has 1 saturated heterocycles. The summed E-state index contributed by atoms with van der Waals surface area (Å²) in [6, 6.07) is 20.3. The molecule has 1 fully saturated rings. The number of carbonyl (C=O) groups is 1. The SMILES string of the molecule is Cc1ccc(C2C(CC=Cc3ccc(F)cc3)C(=O)N2c2ccc(F)cc2)cc1. The number of β-lactam (4-membered cyclic amide) rings is 1. The van der Waals surface area contributed by atoms with E-state index < -0.39 is 0 Å². The molecule has 2 unspecified atom stereocenters. The van der Waals surface area contributed by atoms with Gasteiger partial charge in [-0.05, 0) is 60.9 Å². The highest BCUT2D eigenvalue weighted by Crippen LogP contribution is 2.45. The summed E-state index contributed by atoms with van der Waals surface area (Å²) in [5.41, 5.74) is 3.79. The van der Waals surface area contributed by atoms with E-state index in [0.717, 1.165) is 16.7 Å². The third-order valence-corrected chi connectivity index (χ3v) is 5.31. The van der Waals surface area contributed by atoms with Crippen molar-refractivity contribution in [3.05, 3.63) is 107 Å². The van der Waals surface area contributed by atoms with Crippen LogP contribution >= 0.6 is 0 Å². The predicted octanol–water partition coefficient (Wildman–Crippen LogP) is 6.08. The molecule has 0 saturated carbocycles. The minimum atomic E-state index is -0.326. The molecule has 4 rings (SSSR count). The molecule has 146 valence electrons. The van der Waals surface area contributed by atoms with Gasteiger partial charge in [-0.15, -0.1) is 0 Å². The number of aryl methyl sites for hydroxylation is 1. The van der Waals surface area contributed by atoms with Crippen molar-refractivity contribution in [2.75, 3.05) is 4.90 Å². The molecule has 1 heterocycles. The lowest BCUT2D eigenvalue weighted by atomic mass is 9.79. The Kier molecular flexibility index (Phi) is 5.26. The van der Waals surface area contributed by atoms with Crippen molar-refractivity contribution < 1.29 is 13.6 Å². The first-order chi connectivity index (χ1) is 14.0. The fraction of sp³-hybridized carbons (Fsp3) is 0.160. The maximum Gasteiger partial charge on any atom is 0.233 e. The highest BCUT2D eigenvalue weighted by molar-refractivity contribution is 6.03. The summed E-state index contributed by atoms with van der Waals surface area (Å²) in [4.78, 5) is 14.7. The van der Waals surface area contributed by atoms with E-state index in [-0.39, 0.29) is 29.5 Å². The van der Waals surface area contributed by atoms with Crippen LogP contribution in [0.2, 0.25) is 0 Å². The zero-order valence-corrected chi connectivity index (χ0v) is 16.1. The summed E-state index contributed by atoms with van der Waals surface area (Å²) in [7, 11) is 0. The van der Waals surface area contributed by atoms with E-state index in [9.17, 15) is 13.6 Å². The number of benzene rings is 3. The lowest BCUT2D eigenvalue weighted by Gasteiger charge is -2.47. The molecule has 3 aromatic rings. The van der Waals surface area contributed by atoms with Crippen molar-refractivity contribution in [2.24, 2.45) is 5.92 Å². The van der Waals surface area contributed by atoms with Gasteiger partial charge in [0.2, 0.25) is 5.91 Å². The number of amides is 1. The highest BCUT2D eigenvalue weighted by Gasteiger charge is 2.47. The predicted molar refractivity (Wildman–Crippen MR) is 111 cm³/mol. The second-order valence-corrected chi connectivity index (χ2v) is 7.34. The van der Waals surface area contributed by atoms with Crippen LogP contribution in [-0.2, 0) is 4.79 Å². The van der Waals surface area contributed by atoms with Gasteiger partial charge in [-0.3, -0.25) is 4.79 Å². The molecule has 0 bridgehead atoms. The molecule has 0 radical (unpaired) electrons. The first-order valence-corrected chi connectivity index (χ1v) is 9.60. The molecular weight excluding hydrogens is 368 g/mol. The number of anilines is 1. The van der Waals surface area contributed by atoms with Crippen LogP contribution in [0.3, 0.4) is 0 Å². The average molecular weight is 389 g/mol. The Morgan fingerprint density at radius 1 is 0.862 bits per heavy atom. The van der Waals surface area contributed by atoms with Gasteiger partial charge in [0, 0.05) is 5.69 Å². The average Bonchev–Trinajstić information content (AvgIpc) is 2.72.